The molecule has 56 heavy (non-hydrogen) atoms. The number of aromatic amines is 2. The van der Waals surface area contributed by atoms with Crippen molar-refractivity contribution in [3.05, 3.63) is 108 Å². The van der Waals surface area contributed by atoms with Gasteiger partial charge in [0.2, 0.25) is 0 Å². The number of nitrogens with one attached hydrogen (secondary N) is 2. The molecular formula is C48H54N6O2+2. The standard InChI is InChI=1S/C48H54N6O2/c1-53(25-5-3-6-26-53)29-31-55-41-17-9-35(10-18-41)47-43-21-13-37(49-43)33-39-15-23-45(51-39)48(46-24-16-40(52-46)34-38-14-22-44(47)50-38)36-11-19-42(20-12-36)56-32-30-54(2)27-7-4-8-28-54/h9-24,33-34,49-50H,3-8,25-32H2,1-2H3/q+2. The van der Waals surface area contributed by atoms with Gasteiger partial charge < -0.3 is 28.4 Å². The van der Waals surface area contributed by atoms with Crippen LogP contribution in [0.5, 0.6) is 11.5 Å². The van der Waals surface area contributed by atoms with E-state index in [-0.39, 0.29) is 0 Å². The first kappa shape index (κ1) is 36.2. The van der Waals surface area contributed by atoms with Crippen molar-refractivity contribution in [2.45, 2.75) is 38.5 Å². The first-order valence-electron chi connectivity index (χ1n) is 20.6. The molecule has 4 aliphatic rings. The van der Waals surface area contributed by atoms with Crippen molar-refractivity contribution in [1.82, 2.24) is 19.9 Å². The van der Waals surface area contributed by atoms with Crippen LogP contribution >= 0.6 is 0 Å². The summed E-state index contributed by atoms with van der Waals surface area (Å²) in [5.41, 5.74) is 11.8. The molecule has 0 aliphatic carbocycles. The van der Waals surface area contributed by atoms with Crippen molar-refractivity contribution < 1.29 is 18.4 Å². The third kappa shape index (κ3) is 8.08. The van der Waals surface area contributed by atoms with Gasteiger partial charge in [-0.2, -0.15) is 0 Å². The molecule has 0 radical (unpaired) electrons. The summed E-state index contributed by atoms with van der Waals surface area (Å²) >= 11 is 0. The monoisotopic (exact) mass is 746 g/mol. The molecule has 4 aliphatic heterocycles. The highest BCUT2D eigenvalue weighted by Crippen LogP contribution is 2.34. The molecule has 2 N–H and O–H groups in total. The van der Waals surface area contributed by atoms with E-state index >= 15 is 0 Å². The fourth-order valence-corrected chi connectivity index (χ4v) is 8.88. The lowest BCUT2D eigenvalue weighted by Crippen LogP contribution is -2.50. The molecule has 0 saturated carbocycles. The maximum absolute atomic E-state index is 6.26. The molecule has 7 heterocycles. The van der Waals surface area contributed by atoms with Crippen LogP contribution in [-0.2, 0) is 0 Å². The van der Waals surface area contributed by atoms with Gasteiger partial charge in [0.15, 0.2) is 0 Å². The van der Waals surface area contributed by atoms with E-state index in [0.29, 0.717) is 0 Å². The van der Waals surface area contributed by atoms with Gasteiger partial charge in [0, 0.05) is 33.2 Å². The number of quaternary nitrogens is 2. The zero-order valence-electron chi connectivity index (χ0n) is 32.9. The number of aromatic nitrogens is 4. The second-order valence-electron chi connectivity index (χ2n) is 16.7. The summed E-state index contributed by atoms with van der Waals surface area (Å²) < 4.78 is 14.7. The fraction of sp³-hybridized carbons (Fsp3) is 0.333. The van der Waals surface area contributed by atoms with Crippen molar-refractivity contribution >= 4 is 46.4 Å². The van der Waals surface area contributed by atoms with Crippen molar-refractivity contribution in [3.8, 4) is 33.8 Å². The fourth-order valence-electron chi connectivity index (χ4n) is 8.88. The second-order valence-corrected chi connectivity index (χ2v) is 16.7. The minimum atomic E-state index is 0.722. The lowest BCUT2D eigenvalue weighted by molar-refractivity contribution is -0.914. The summed E-state index contributed by atoms with van der Waals surface area (Å²) in [6, 6.07) is 29.7. The van der Waals surface area contributed by atoms with Gasteiger partial charge >= 0.3 is 0 Å². The molecule has 8 heteroatoms. The normalized spacial score (nSPS) is 17.2. The van der Waals surface area contributed by atoms with E-state index in [9.17, 15) is 0 Å². The van der Waals surface area contributed by atoms with E-state index in [1.807, 2.05) is 0 Å². The SMILES string of the molecule is C[N+]1(CCOc2ccc(-c3c4nc(cc5ccc([nH]5)c(-c5ccc(OCC[N+]6(C)CCCCC6)cc5)c5ccc(cc6nc3C=C6)[nH]5)C=C4)cc2)CCCCC1. The van der Waals surface area contributed by atoms with Crippen LogP contribution in [0.2, 0.25) is 0 Å². The number of likely N-dealkylation sites (N-methyl/N-ethyl adjacent to an activating group) is 2. The highest BCUT2D eigenvalue weighted by atomic mass is 16.5. The molecule has 0 amide bonds. The quantitative estimate of drug-likeness (QED) is 0.137. The first-order valence-corrected chi connectivity index (χ1v) is 20.6. The van der Waals surface area contributed by atoms with Crippen LogP contribution in [0.1, 0.15) is 61.3 Å². The molecule has 286 valence electrons. The smallest absolute Gasteiger partial charge is 0.137 e. The third-order valence-corrected chi connectivity index (χ3v) is 12.3. The second kappa shape index (κ2) is 15.6. The zero-order chi connectivity index (χ0) is 38.0. The van der Waals surface area contributed by atoms with Gasteiger partial charge in [-0.05, 0) is 135 Å². The van der Waals surface area contributed by atoms with E-state index in [1.54, 1.807) is 0 Å². The largest absolute Gasteiger partial charge is 0.488 e. The molecular weight excluding hydrogens is 693 g/mol. The predicted molar refractivity (Wildman–Crippen MR) is 230 cm³/mol. The number of H-pyrrole nitrogens is 2. The molecule has 0 unspecified atom stereocenters. The summed E-state index contributed by atoms with van der Waals surface area (Å²) in [5, 5.41) is 0. The van der Waals surface area contributed by atoms with Crippen LogP contribution < -0.4 is 9.47 Å². The summed E-state index contributed by atoms with van der Waals surface area (Å²) in [6.45, 7) is 8.53. The van der Waals surface area contributed by atoms with Crippen LogP contribution in [0.4, 0.5) is 0 Å². The number of hydrogen-bond acceptors (Lipinski definition) is 4. The molecule has 3 aromatic heterocycles. The Morgan fingerprint density at radius 1 is 0.500 bits per heavy atom. The van der Waals surface area contributed by atoms with E-state index < -0.39 is 0 Å². The maximum atomic E-state index is 6.26. The van der Waals surface area contributed by atoms with Gasteiger partial charge in [0.25, 0.3) is 0 Å². The Morgan fingerprint density at radius 2 is 0.929 bits per heavy atom. The lowest BCUT2D eigenvalue weighted by Gasteiger charge is -2.37. The average Bonchev–Trinajstić information content (AvgIpc) is 4.04. The van der Waals surface area contributed by atoms with Gasteiger partial charge in [-0.3, -0.25) is 0 Å². The van der Waals surface area contributed by atoms with E-state index in [1.165, 1.54) is 64.7 Å². The molecule has 8 bridgehead atoms. The molecule has 0 atom stereocenters. The van der Waals surface area contributed by atoms with Crippen molar-refractivity contribution in [2.75, 3.05) is 66.6 Å². The number of ether oxygens (including phenoxy) is 2. The van der Waals surface area contributed by atoms with Gasteiger partial charge in [0.1, 0.15) is 37.8 Å². The summed E-state index contributed by atoms with van der Waals surface area (Å²) in [5.74, 6) is 1.80. The zero-order valence-corrected chi connectivity index (χ0v) is 32.9. The van der Waals surface area contributed by atoms with Crippen molar-refractivity contribution in [2.24, 2.45) is 0 Å². The highest BCUT2D eigenvalue weighted by Gasteiger charge is 2.25. The third-order valence-electron chi connectivity index (χ3n) is 12.3. The van der Waals surface area contributed by atoms with Gasteiger partial charge in [-0.25, -0.2) is 9.97 Å². The summed E-state index contributed by atoms with van der Waals surface area (Å²) in [4.78, 5) is 17.6. The number of rotatable bonds is 10. The number of fused-ring (bicyclic) bond motifs is 8. The van der Waals surface area contributed by atoms with Gasteiger partial charge in [0.05, 0.1) is 63.1 Å². The van der Waals surface area contributed by atoms with E-state index in [2.05, 4.69) is 133 Å². The molecule has 0 spiro atoms. The van der Waals surface area contributed by atoms with Crippen LogP contribution in [0, 0.1) is 0 Å². The molecule has 8 nitrogen and oxygen atoms in total. The average molecular weight is 747 g/mol. The van der Waals surface area contributed by atoms with Crippen LogP contribution in [0.15, 0.2) is 84.9 Å². The van der Waals surface area contributed by atoms with Gasteiger partial charge in [-0.1, -0.05) is 24.3 Å². The predicted octanol–water partition coefficient (Wildman–Crippen LogP) is 10.0. The number of hydrogen-bond donors (Lipinski definition) is 2. The minimum absolute atomic E-state index is 0.722. The molecule has 2 fully saturated rings. The first-order chi connectivity index (χ1) is 27.4. The van der Waals surface area contributed by atoms with Crippen molar-refractivity contribution in [1.29, 1.82) is 0 Å². The Morgan fingerprint density at radius 3 is 1.38 bits per heavy atom. The molecule has 9 rings (SSSR count). The topological polar surface area (TPSA) is 75.8 Å². The number of piperidine rings is 2. The minimum Gasteiger partial charge on any atom is -0.488 e. The highest BCUT2D eigenvalue weighted by molar-refractivity contribution is 5.94. The number of nitrogens with zero attached hydrogens (tertiary/aromatic N) is 4. The number of likely N-dealkylation sites (tertiary alicyclic amines) is 2. The van der Waals surface area contributed by atoms with E-state index in [4.69, 9.17) is 19.4 Å². The van der Waals surface area contributed by atoms with Crippen molar-refractivity contribution in [3.63, 3.8) is 0 Å². The van der Waals surface area contributed by atoms with Crippen LogP contribution in [0.3, 0.4) is 0 Å². The Balaban J connectivity index is 1.03. The Hall–Kier alpha value is -5.44. The van der Waals surface area contributed by atoms with Gasteiger partial charge in [-0.15, -0.1) is 0 Å². The van der Waals surface area contributed by atoms with Crippen LogP contribution in [-0.4, -0.2) is 95.5 Å². The molecule has 2 saturated heterocycles. The molecule has 2 aromatic carbocycles. The summed E-state index contributed by atoms with van der Waals surface area (Å²) in [7, 11) is 4.73. The Kier molecular flexibility index (Phi) is 10.1. The number of benzene rings is 2. The molecule has 5 aromatic rings. The Labute approximate surface area is 330 Å². The maximum Gasteiger partial charge on any atom is 0.137 e. The Bertz CT molecular complexity index is 2310. The lowest BCUT2D eigenvalue weighted by atomic mass is 10.0. The van der Waals surface area contributed by atoms with E-state index in [0.717, 1.165) is 114 Å². The summed E-state index contributed by atoms with van der Waals surface area (Å²) in [6.07, 6.45) is 16.3. The van der Waals surface area contributed by atoms with Crippen LogP contribution in [0.25, 0.3) is 68.6 Å².